The molecule has 1 rings (SSSR count). The Kier molecular flexibility index (Phi) is 5.73. The molecule has 0 aromatic heterocycles. The van der Waals surface area contributed by atoms with E-state index in [0.717, 1.165) is 5.01 Å². The van der Waals surface area contributed by atoms with E-state index in [-0.39, 0.29) is 18.3 Å². The smallest absolute Gasteiger partial charge is 0.341 e. The number of hydrogen-bond donors (Lipinski definition) is 1. The van der Waals surface area contributed by atoms with Gasteiger partial charge in [-0.2, -0.15) is 5.01 Å². The van der Waals surface area contributed by atoms with E-state index in [1.807, 2.05) is 27.7 Å². The highest BCUT2D eigenvalue weighted by Crippen LogP contribution is 2.29. The van der Waals surface area contributed by atoms with Crippen molar-refractivity contribution < 1.29 is 14.3 Å². The number of urea groups is 1. The second-order valence-electron chi connectivity index (χ2n) is 5.61. The van der Waals surface area contributed by atoms with Crippen molar-refractivity contribution in [2.24, 2.45) is 11.2 Å². The number of nitrogens with zero attached hydrogens (tertiary/aromatic N) is 2. The summed E-state index contributed by atoms with van der Waals surface area (Å²) in [5, 5.41) is 6.22. The first kappa shape index (κ1) is 17.1. The summed E-state index contributed by atoms with van der Waals surface area (Å²) in [6, 6.07) is -0.596. The van der Waals surface area contributed by atoms with Gasteiger partial charge in [-0.25, -0.2) is 4.79 Å². The van der Waals surface area contributed by atoms with Crippen LogP contribution in [0.1, 0.15) is 27.7 Å². The van der Waals surface area contributed by atoms with Crippen LogP contribution in [-0.2, 0) is 9.47 Å². The lowest BCUT2D eigenvalue weighted by Crippen LogP contribution is -2.65. The van der Waals surface area contributed by atoms with Crippen molar-refractivity contribution in [3.05, 3.63) is 4.91 Å². The Morgan fingerprint density at radius 2 is 1.95 bits per heavy atom. The zero-order valence-electron chi connectivity index (χ0n) is 12.3. The zero-order chi connectivity index (χ0) is 15.4. The fourth-order valence-corrected chi connectivity index (χ4v) is 1.94. The van der Waals surface area contributed by atoms with E-state index < -0.39 is 17.4 Å². The second kappa shape index (κ2) is 6.69. The van der Waals surface area contributed by atoms with Gasteiger partial charge in [-0.1, -0.05) is 13.8 Å². The Hall–Kier alpha value is -0.920. The highest BCUT2D eigenvalue weighted by molar-refractivity contribution is 6.18. The second-order valence-corrected chi connectivity index (χ2v) is 5.99. The topological polar surface area (TPSA) is 80.2 Å². The number of carbonyl (C=O) groups excluding carboxylic acids is 1. The molecule has 1 fully saturated rings. The van der Waals surface area contributed by atoms with Gasteiger partial charge in [0.25, 0.3) is 0 Å². The van der Waals surface area contributed by atoms with Gasteiger partial charge in [-0.15, -0.1) is 16.5 Å². The Bertz CT molecular complexity index is 353. The number of carbonyl (C=O) groups is 1. The first-order valence-electron chi connectivity index (χ1n) is 6.53. The fraction of sp³-hybridized carbons (Fsp3) is 0.917. The summed E-state index contributed by atoms with van der Waals surface area (Å²) in [5.41, 5.74) is -0.693. The first-order chi connectivity index (χ1) is 9.26. The summed E-state index contributed by atoms with van der Waals surface area (Å²) in [7, 11) is 0. The average Bonchev–Trinajstić information content (AvgIpc) is 2.38. The number of rotatable bonds is 5. The van der Waals surface area contributed by atoms with Gasteiger partial charge in [-0.3, -0.25) is 0 Å². The summed E-state index contributed by atoms with van der Waals surface area (Å²) in [4.78, 5) is 22.7. The number of alkyl halides is 1. The van der Waals surface area contributed by atoms with Crippen molar-refractivity contribution in [2.75, 3.05) is 25.6 Å². The summed E-state index contributed by atoms with van der Waals surface area (Å²) in [6.45, 7) is 8.18. The molecule has 20 heavy (non-hydrogen) atoms. The Balaban J connectivity index is 2.78. The third-order valence-corrected chi connectivity index (χ3v) is 3.61. The molecule has 8 heteroatoms. The van der Waals surface area contributed by atoms with Gasteiger partial charge in [0.05, 0.1) is 30.6 Å². The van der Waals surface area contributed by atoms with Gasteiger partial charge in [0.2, 0.25) is 0 Å². The molecular weight excluding hydrogens is 286 g/mol. The molecule has 0 spiro atoms. The van der Waals surface area contributed by atoms with Crippen LogP contribution in [0.2, 0.25) is 0 Å². The first-order valence-corrected chi connectivity index (χ1v) is 7.06. The zero-order valence-corrected chi connectivity index (χ0v) is 13.1. The van der Waals surface area contributed by atoms with Gasteiger partial charge < -0.3 is 14.8 Å². The van der Waals surface area contributed by atoms with Crippen LogP contribution in [0.5, 0.6) is 0 Å². The van der Waals surface area contributed by atoms with E-state index in [0.29, 0.717) is 13.2 Å². The summed E-state index contributed by atoms with van der Waals surface area (Å²) >= 11 is 5.53. The molecule has 1 aliphatic heterocycles. The summed E-state index contributed by atoms with van der Waals surface area (Å²) in [5.74, 6) is -0.484. The van der Waals surface area contributed by atoms with E-state index in [4.69, 9.17) is 21.1 Å². The van der Waals surface area contributed by atoms with Crippen LogP contribution in [0.25, 0.3) is 0 Å². The maximum Gasteiger partial charge on any atom is 0.341 e. The predicted octanol–water partition coefficient (Wildman–Crippen LogP) is 2.10. The summed E-state index contributed by atoms with van der Waals surface area (Å²) in [6.07, 6.45) is 0. The molecule has 0 bridgehead atoms. The minimum Gasteiger partial charge on any atom is -0.348 e. The molecule has 0 aromatic rings. The fourth-order valence-electron chi connectivity index (χ4n) is 1.78. The molecule has 0 aliphatic carbocycles. The van der Waals surface area contributed by atoms with Crippen LogP contribution < -0.4 is 5.32 Å². The lowest BCUT2D eigenvalue weighted by Gasteiger charge is -2.46. The minimum absolute atomic E-state index is 0.0538. The number of amides is 2. The number of halogens is 1. The van der Waals surface area contributed by atoms with Crippen LogP contribution in [0.15, 0.2) is 5.29 Å². The lowest BCUT2D eigenvalue weighted by atomic mass is 9.87. The van der Waals surface area contributed by atoms with E-state index in [1.54, 1.807) is 0 Å². The standard InChI is InChI=1S/C12H22ClN3O4/c1-9(2)12(7-19-11(3,4)20-8-12)14-10(17)16(15-18)6-5-13/h9H,5-8H2,1-4H3,(H,14,17). The van der Waals surface area contributed by atoms with Crippen LogP contribution in [0.4, 0.5) is 4.79 Å². The van der Waals surface area contributed by atoms with E-state index in [2.05, 4.69) is 10.6 Å². The number of nitroso groups, excluding NO2 is 1. The van der Waals surface area contributed by atoms with E-state index >= 15 is 0 Å². The van der Waals surface area contributed by atoms with E-state index in [9.17, 15) is 9.70 Å². The van der Waals surface area contributed by atoms with Gasteiger partial charge in [0, 0.05) is 5.88 Å². The van der Waals surface area contributed by atoms with Crippen molar-refractivity contribution in [3.8, 4) is 0 Å². The third-order valence-electron chi connectivity index (χ3n) is 3.45. The normalized spacial score (nSPS) is 20.5. The molecule has 7 nitrogen and oxygen atoms in total. The molecule has 1 saturated heterocycles. The maximum absolute atomic E-state index is 12.1. The van der Waals surface area contributed by atoms with Crippen LogP contribution in [0.3, 0.4) is 0 Å². The molecule has 1 aliphatic rings. The Labute approximate surface area is 123 Å². The van der Waals surface area contributed by atoms with Gasteiger partial charge >= 0.3 is 6.03 Å². The number of nitrogens with one attached hydrogen (secondary N) is 1. The van der Waals surface area contributed by atoms with Crippen molar-refractivity contribution in [1.82, 2.24) is 10.3 Å². The molecule has 1 heterocycles. The quantitative estimate of drug-likeness (QED) is 0.479. The predicted molar refractivity (Wildman–Crippen MR) is 75.3 cm³/mol. The molecule has 0 saturated carbocycles. The largest absolute Gasteiger partial charge is 0.348 e. The Morgan fingerprint density at radius 3 is 2.35 bits per heavy atom. The van der Waals surface area contributed by atoms with Gasteiger partial charge in [-0.05, 0) is 19.8 Å². The van der Waals surface area contributed by atoms with Gasteiger partial charge in [0.1, 0.15) is 0 Å². The van der Waals surface area contributed by atoms with Crippen molar-refractivity contribution >= 4 is 17.6 Å². The lowest BCUT2D eigenvalue weighted by molar-refractivity contribution is -0.275. The third kappa shape index (κ3) is 4.04. The molecule has 0 aromatic carbocycles. The van der Waals surface area contributed by atoms with Crippen LogP contribution >= 0.6 is 11.6 Å². The maximum atomic E-state index is 12.1. The molecule has 116 valence electrons. The SMILES string of the molecule is CC(C)C1(NC(=O)N(CCCl)N=O)COC(C)(C)OC1. The number of ether oxygens (including phenoxy) is 2. The highest BCUT2D eigenvalue weighted by Gasteiger charge is 2.44. The van der Waals surface area contributed by atoms with E-state index in [1.165, 1.54) is 0 Å². The monoisotopic (exact) mass is 307 g/mol. The molecule has 0 atom stereocenters. The molecule has 2 amide bonds. The minimum atomic E-state index is -0.693. The molecule has 0 radical (unpaired) electrons. The summed E-state index contributed by atoms with van der Waals surface area (Å²) < 4.78 is 11.3. The van der Waals surface area contributed by atoms with Crippen LogP contribution in [-0.4, -0.2) is 48.0 Å². The molecule has 1 N–H and O–H groups in total. The van der Waals surface area contributed by atoms with Crippen molar-refractivity contribution in [2.45, 2.75) is 39.0 Å². The van der Waals surface area contributed by atoms with Crippen molar-refractivity contribution in [1.29, 1.82) is 0 Å². The van der Waals surface area contributed by atoms with Gasteiger partial charge in [0.15, 0.2) is 5.79 Å². The number of hydrogen-bond acceptors (Lipinski definition) is 5. The molecular formula is C12H22ClN3O4. The van der Waals surface area contributed by atoms with Crippen molar-refractivity contribution in [3.63, 3.8) is 0 Å². The average molecular weight is 308 g/mol. The Morgan fingerprint density at radius 1 is 1.40 bits per heavy atom. The van der Waals surface area contributed by atoms with Crippen LogP contribution in [0, 0.1) is 10.8 Å². The molecule has 0 unspecified atom stereocenters. The highest BCUT2D eigenvalue weighted by atomic mass is 35.5.